The predicted octanol–water partition coefficient (Wildman–Crippen LogP) is 3.28. The van der Waals surface area contributed by atoms with Gasteiger partial charge in [-0.2, -0.15) is 0 Å². The van der Waals surface area contributed by atoms with Gasteiger partial charge in [0, 0.05) is 35.5 Å². The molecule has 0 radical (unpaired) electrons. The first-order valence-corrected chi connectivity index (χ1v) is 10.7. The van der Waals surface area contributed by atoms with Crippen LogP contribution in [0.3, 0.4) is 0 Å². The van der Waals surface area contributed by atoms with Crippen LogP contribution in [0.1, 0.15) is 31.1 Å². The molecule has 1 fully saturated rings. The number of piperidine rings is 1. The number of hydrogen-bond donors (Lipinski definition) is 0. The summed E-state index contributed by atoms with van der Waals surface area (Å²) in [6.45, 7) is 5.55. The Kier molecular flexibility index (Phi) is 6.48. The number of carbonyl (C=O) groups excluding carboxylic acids is 2. The zero-order valence-electron chi connectivity index (χ0n) is 15.1. The van der Waals surface area contributed by atoms with E-state index in [9.17, 15) is 9.59 Å². The van der Waals surface area contributed by atoms with Crippen LogP contribution in [0.2, 0.25) is 0 Å². The lowest BCUT2D eigenvalue weighted by Gasteiger charge is -2.30. The molecule has 1 saturated heterocycles. The van der Waals surface area contributed by atoms with Gasteiger partial charge in [-0.05, 0) is 32.8 Å². The molecular weight excluding hydrogens is 370 g/mol. The van der Waals surface area contributed by atoms with Gasteiger partial charge < -0.3 is 9.64 Å². The van der Waals surface area contributed by atoms with Crippen LogP contribution in [-0.2, 0) is 14.3 Å². The van der Waals surface area contributed by atoms with E-state index in [0.717, 1.165) is 15.2 Å². The maximum Gasteiger partial charge on any atom is 0.309 e. The van der Waals surface area contributed by atoms with E-state index >= 15 is 0 Å². The molecule has 0 aliphatic carbocycles. The van der Waals surface area contributed by atoms with Crippen LogP contribution in [0.15, 0.2) is 17.4 Å². The van der Waals surface area contributed by atoms with Gasteiger partial charge in [0.05, 0.1) is 12.5 Å². The average Bonchev–Trinajstić information content (AvgIpc) is 3.03. The topological polar surface area (TPSA) is 72.4 Å². The number of fused-ring (bicyclic) bond motifs is 1. The number of ether oxygens (including phenoxy) is 1. The number of hydrogen-bond acceptors (Lipinski definition) is 7. The van der Waals surface area contributed by atoms with E-state index < -0.39 is 0 Å². The highest BCUT2D eigenvalue weighted by Crippen LogP contribution is 2.30. The van der Waals surface area contributed by atoms with Gasteiger partial charge in [0.2, 0.25) is 5.91 Å². The lowest BCUT2D eigenvalue weighted by Crippen LogP contribution is -2.40. The average molecular weight is 394 g/mol. The lowest BCUT2D eigenvalue weighted by molar-refractivity contribution is -0.151. The van der Waals surface area contributed by atoms with Crippen molar-refractivity contribution in [3.63, 3.8) is 0 Å². The fraction of sp³-hybridized carbons (Fsp3) is 0.556. The molecule has 1 aliphatic rings. The number of rotatable bonds is 6. The highest BCUT2D eigenvalue weighted by Gasteiger charge is 2.27. The van der Waals surface area contributed by atoms with Crippen molar-refractivity contribution < 1.29 is 14.3 Å². The van der Waals surface area contributed by atoms with E-state index in [1.165, 1.54) is 4.88 Å². The zero-order valence-corrected chi connectivity index (χ0v) is 16.7. The zero-order chi connectivity index (χ0) is 18.5. The molecule has 0 saturated carbocycles. The van der Waals surface area contributed by atoms with E-state index in [1.807, 2.05) is 11.8 Å². The molecular formula is C18H23N3O3S2. The maximum atomic E-state index is 12.4. The maximum absolute atomic E-state index is 12.4. The van der Waals surface area contributed by atoms with Gasteiger partial charge in [0.1, 0.15) is 16.2 Å². The summed E-state index contributed by atoms with van der Waals surface area (Å²) < 4.78 is 5.07. The van der Waals surface area contributed by atoms with Crippen LogP contribution >= 0.6 is 23.1 Å². The number of aryl methyl sites for hydroxylation is 1. The Hall–Kier alpha value is -1.67. The summed E-state index contributed by atoms with van der Waals surface area (Å²) in [6, 6.07) is 2.10. The quantitative estimate of drug-likeness (QED) is 0.426. The van der Waals surface area contributed by atoms with Crippen LogP contribution in [0.4, 0.5) is 0 Å². The van der Waals surface area contributed by atoms with Crippen LogP contribution in [0, 0.1) is 12.8 Å². The first-order chi connectivity index (χ1) is 12.6. The van der Waals surface area contributed by atoms with E-state index in [-0.39, 0.29) is 17.8 Å². The number of thioether (sulfide) groups is 1. The largest absolute Gasteiger partial charge is 0.466 e. The van der Waals surface area contributed by atoms with Gasteiger partial charge in [0.15, 0.2) is 0 Å². The summed E-state index contributed by atoms with van der Waals surface area (Å²) >= 11 is 3.26. The third-order valence-corrected chi connectivity index (χ3v) is 6.40. The van der Waals surface area contributed by atoms with Crippen LogP contribution in [0.5, 0.6) is 0 Å². The number of aromatic nitrogens is 2. The SMILES string of the molecule is CCOC(=O)C1CCN(C(=O)CCSc2ncnc3sc(C)cc23)CC1. The van der Waals surface area contributed by atoms with Gasteiger partial charge >= 0.3 is 5.97 Å². The van der Waals surface area contributed by atoms with Crippen LogP contribution < -0.4 is 0 Å². The minimum atomic E-state index is -0.131. The molecule has 0 spiro atoms. The van der Waals surface area contributed by atoms with Gasteiger partial charge in [-0.1, -0.05) is 0 Å². The van der Waals surface area contributed by atoms with Crippen LogP contribution in [-0.4, -0.2) is 52.2 Å². The number of thiophene rings is 1. The van der Waals surface area contributed by atoms with E-state index in [4.69, 9.17) is 4.74 Å². The second-order valence-corrected chi connectivity index (χ2v) is 8.58. The van der Waals surface area contributed by atoms with Gasteiger partial charge in [-0.15, -0.1) is 23.1 Å². The molecule has 0 atom stereocenters. The van der Waals surface area contributed by atoms with Gasteiger partial charge in [0.25, 0.3) is 0 Å². The summed E-state index contributed by atoms with van der Waals surface area (Å²) in [5.41, 5.74) is 0. The molecule has 0 N–H and O–H groups in total. The highest BCUT2D eigenvalue weighted by atomic mass is 32.2. The Morgan fingerprint density at radius 2 is 2.12 bits per heavy atom. The van der Waals surface area contributed by atoms with Crippen molar-refractivity contribution in [3.8, 4) is 0 Å². The number of esters is 1. The Balaban J connectivity index is 1.47. The van der Waals surface area contributed by atoms with Crippen LogP contribution in [0.25, 0.3) is 10.2 Å². The summed E-state index contributed by atoms with van der Waals surface area (Å²) in [7, 11) is 0. The van der Waals surface area contributed by atoms with Crippen molar-refractivity contribution in [3.05, 3.63) is 17.3 Å². The fourth-order valence-corrected chi connectivity index (χ4v) is 4.90. The number of carbonyl (C=O) groups is 2. The Labute approximate surface area is 161 Å². The van der Waals surface area contributed by atoms with E-state index in [2.05, 4.69) is 23.0 Å². The molecule has 6 nitrogen and oxygen atoms in total. The monoisotopic (exact) mass is 393 g/mol. The highest BCUT2D eigenvalue weighted by molar-refractivity contribution is 7.99. The molecule has 26 heavy (non-hydrogen) atoms. The molecule has 1 aliphatic heterocycles. The third kappa shape index (κ3) is 4.54. The summed E-state index contributed by atoms with van der Waals surface area (Å²) in [6.07, 6.45) is 3.45. The first kappa shape index (κ1) is 19.1. The van der Waals surface area contributed by atoms with Crippen molar-refractivity contribution in [1.82, 2.24) is 14.9 Å². The molecule has 140 valence electrons. The van der Waals surface area contributed by atoms with Crippen molar-refractivity contribution in [2.75, 3.05) is 25.4 Å². The van der Waals surface area contributed by atoms with Gasteiger partial charge in [-0.25, -0.2) is 9.97 Å². The number of nitrogens with zero attached hydrogens (tertiary/aromatic N) is 3. The van der Waals surface area contributed by atoms with Crippen molar-refractivity contribution in [2.45, 2.75) is 38.1 Å². The Morgan fingerprint density at radius 1 is 1.35 bits per heavy atom. The molecule has 3 heterocycles. The van der Waals surface area contributed by atoms with Gasteiger partial charge in [-0.3, -0.25) is 9.59 Å². The fourth-order valence-electron chi connectivity index (χ4n) is 3.09. The Morgan fingerprint density at radius 3 is 2.85 bits per heavy atom. The minimum Gasteiger partial charge on any atom is -0.466 e. The first-order valence-electron chi connectivity index (χ1n) is 8.86. The third-order valence-electron chi connectivity index (χ3n) is 4.44. The summed E-state index contributed by atoms with van der Waals surface area (Å²) in [5, 5.41) is 2.01. The predicted molar refractivity (Wildman–Crippen MR) is 103 cm³/mol. The number of amides is 1. The molecule has 2 aromatic heterocycles. The Bertz CT molecular complexity index is 785. The standard InChI is InChI=1S/C18H23N3O3S2/c1-3-24-18(23)13-4-7-21(8-5-13)15(22)6-9-25-16-14-10-12(2)26-17(14)20-11-19-16/h10-11,13H,3-9H2,1-2H3. The molecule has 0 unspecified atom stereocenters. The molecule has 1 amide bonds. The smallest absolute Gasteiger partial charge is 0.309 e. The second kappa shape index (κ2) is 8.81. The second-order valence-electron chi connectivity index (χ2n) is 6.26. The summed E-state index contributed by atoms with van der Waals surface area (Å²) in [5.74, 6) is 0.641. The molecule has 8 heteroatoms. The molecule has 0 bridgehead atoms. The van der Waals surface area contributed by atoms with Crippen molar-refractivity contribution in [1.29, 1.82) is 0 Å². The minimum absolute atomic E-state index is 0.0653. The van der Waals surface area contributed by atoms with Crippen molar-refractivity contribution in [2.24, 2.45) is 5.92 Å². The summed E-state index contributed by atoms with van der Waals surface area (Å²) in [4.78, 5) is 36.9. The molecule has 0 aromatic carbocycles. The number of likely N-dealkylation sites (tertiary alicyclic amines) is 1. The van der Waals surface area contributed by atoms with E-state index in [1.54, 1.807) is 29.4 Å². The van der Waals surface area contributed by atoms with E-state index in [0.29, 0.717) is 44.7 Å². The lowest BCUT2D eigenvalue weighted by atomic mass is 9.97. The molecule has 3 rings (SSSR count). The normalized spacial score (nSPS) is 15.4. The molecule has 2 aromatic rings. The van der Waals surface area contributed by atoms with Crippen molar-refractivity contribution >= 4 is 45.2 Å².